The molecule has 110 valence electrons. The third-order valence-electron chi connectivity index (χ3n) is 3.33. The first kappa shape index (κ1) is 15.3. The molecule has 0 aliphatic carbocycles. The van der Waals surface area contributed by atoms with Crippen LogP contribution in [-0.4, -0.2) is 11.9 Å². The molecule has 0 fully saturated rings. The lowest BCUT2D eigenvalue weighted by atomic mass is 9.85. The largest absolute Gasteiger partial charge is 0.491 e. The normalized spacial score (nSPS) is 13.8. The summed E-state index contributed by atoms with van der Waals surface area (Å²) < 4.78 is 5.58. The van der Waals surface area contributed by atoms with E-state index in [2.05, 4.69) is 0 Å². The van der Waals surface area contributed by atoms with Gasteiger partial charge in [0, 0.05) is 5.56 Å². The lowest BCUT2D eigenvalue weighted by Crippen LogP contribution is -2.41. The van der Waals surface area contributed by atoms with Gasteiger partial charge in [0.1, 0.15) is 11.3 Å². The first-order chi connectivity index (χ1) is 9.91. The molecule has 2 aromatic rings. The van der Waals surface area contributed by atoms with E-state index in [9.17, 15) is 4.79 Å². The van der Waals surface area contributed by atoms with Crippen LogP contribution in [-0.2, 0) is 5.54 Å². The number of hydrogen-bond donors (Lipinski definition) is 1. The fraction of sp³-hybridized carbons (Fsp3) is 0.278. The van der Waals surface area contributed by atoms with E-state index < -0.39 is 5.54 Å². The Labute approximate surface area is 125 Å². The van der Waals surface area contributed by atoms with Gasteiger partial charge >= 0.3 is 0 Å². The summed E-state index contributed by atoms with van der Waals surface area (Å²) in [6, 6.07) is 16.5. The zero-order chi connectivity index (χ0) is 15.5. The molecule has 0 saturated heterocycles. The van der Waals surface area contributed by atoms with Gasteiger partial charge in [-0.3, -0.25) is 4.79 Å². The molecule has 0 aliphatic heterocycles. The molecular weight excluding hydrogens is 262 g/mol. The third-order valence-corrected chi connectivity index (χ3v) is 3.33. The SMILES string of the molecule is CC(C)Oc1ccc(C(=O)C(C)(N)c2ccccc2)cc1. The van der Waals surface area contributed by atoms with Crippen LogP contribution in [0.2, 0.25) is 0 Å². The highest BCUT2D eigenvalue weighted by Crippen LogP contribution is 2.24. The summed E-state index contributed by atoms with van der Waals surface area (Å²) in [5.74, 6) is 0.643. The quantitative estimate of drug-likeness (QED) is 0.854. The molecule has 0 aromatic heterocycles. The van der Waals surface area contributed by atoms with Gasteiger partial charge < -0.3 is 10.5 Å². The number of Topliss-reactive ketones (excluding diaryl/α,β-unsaturated/α-hetero) is 1. The second-order valence-corrected chi connectivity index (χ2v) is 5.59. The van der Waals surface area contributed by atoms with Gasteiger partial charge in [0.15, 0.2) is 5.78 Å². The van der Waals surface area contributed by atoms with Crippen LogP contribution in [0.4, 0.5) is 0 Å². The molecule has 2 N–H and O–H groups in total. The molecule has 0 saturated carbocycles. The van der Waals surface area contributed by atoms with Crippen LogP contribution in [0.3, 0.4) is 0 Å². The van der Waals surface area contributed by atoms with E-state index in [4.69, 9.17) is 10.5 Å². The van der Waals surface area contributed by atoms with E-state index in [1.165, 1.54) is 0 Å². The van der Waals surface area contributed by atoms with Gasteiger partial charge in [0.2, 0.25) is 0 Å². The highest BCUT2D eigenvalue weighted by Gasteiger charge is 2.31. The Balaban J connectivity index is 2.23. The molecule has 0 amide bonds. The number of nitrogens with two attached hydrogens (primary N) is 1. The van der Waals surface area contributed by atoms with Crippen molar-refractivity contribution in [2.45, 2.75) is 32.4 Å². The van der Waals surface area contributed by atoms with Crippen molar-refractivity contribution in [1.82, 2.24) is 0 Å². The van der Waals surface area contributed by atoms with Gasteiger partial charge in [0.25, 0.3) is 0 Å². The molecule has 3 heteroatoms. The molecular formula is C18H21NO2. The van der Waals surface area contributed by atoms with Crippen molar-refractivity contribution in [2.75, 3.05) is 0 Å². The van der Waals surface area contributed by atoms with Crippen LogP contribution in [0, 0.1) is 0 Å². The van der Waals surface area contributed by atoms with Gasteiger partial charge in [-0.05, 0) is 50.6 Å². The molecule has 21 heavy (non-hydrogen) atoms. The van der Waals surface area contributed by atoms with Gasteiger partial charge in [0.05, 0.1) is 6.10 Å². The first-order valence-electron chi connectivity index (χ1n) is 7.07. The maximum absolute atomic E-state index is 12.6. The fourth-order valence-electron chi connectivity index (χ4n) is 2.17. The van der Waals surface area contributed by atoms with Crippen LogP contribution in [0.15, 0.2) is 54.6 Å². The number of ketones is 1. The summed E-state index contributed by atoms with van der Waals surface area (Å²) in [5.41, 5.74) is 6.60. The van der Waals surface area contributed by atoms with Crippen LogP contribution in [0.1, 0.15) is 36.7 Å². The van der Waals surface area contributed by atoms with E-state index in [0.717, 1.165) is 11.3 Å². The maximum Gasteiger partial charge on any atom is 0.186 e. The van der Waals surface area contributed by atoms with E-state index in [1.807, 2.05) is 44.2 Å². The van der Waals surface area contributed by atoms with E-state index in [0.29, 0.717) is 5.56 Å². The highest BCUT2D eigenvalue weighted by atomic mass is 16.5. The average Bonchev–Trinajstić information content (AvgIpc) is 2.47. The van der Waals surface area contributed by atoms with E-state index in [-0.39, 0.29) is 11.9 Å². The van der Waals surface area contributed by atoms with Crippen molar-refractivity contribution in [1.29, 1.82) is 0 Å². The molecule has 1 unspecified atom stereocenters. The number of benzene rings is 2. The van der Waals surface area contributed by atoms with Gasteiger partial charge in [-0.1, -0.05) is 30.3 Å². The summed E-state index contributed by atoms with van der Waals surface area (Å²) in [4.78, 5) is 12.6. The number of rotatable bonds is 5. The van der Waals surface area contributed by atoms with Crippen molar-refractivity contribution in [3.05, 3.63) is 65.7 Å². The molecule has 2 rings (SSSR count). The minimum Gasteiger partial charge on any atom is -0.491 e. The Bertz CT molecular complexity index is 601. The van der Waals surface area contributed by atoms with Gasteiger partial charge in [-0.2, -0.15) is 0 Å². The first-order valence-corrected chi connectivity index (χ1v) is 7.07. The summed E-state index contributed by atoms with van der Waals surface area (Å²) >= 11 is 0. The Hall–Kier alpha value is -2.13. The number of carbonyl (C=O) groups excluding carboxylic acids is 1. The third kappa shape index (κ3) is 3.50. The zero-order valence-corrected chi connectivity index (χ0v) is 12.7. The smallest absolute Gasteiger partial charge is 0.186 e. The van der Waals surface area contributed by atoms with Crippen molar-refractivity contribution in [3.63, 3.8) is 0 Å². The second-order valence-electron chi connectivity index (χ2n) is 5.59. The summed E-state index contributed by atoms with van der Waals surface area (Å²) in [6.45, 7) is 5.67. The van der Waals surface area contributed by atoms with Crippen molar-refractivity contribution in [2.24, 2.45) is 5.73 Å². The Kier molecular flexibility index (Phi) is 4.43. The summed E-state index contributed by atoms with van der Waals surface area (Å²) in [5, 5.41) is 0. The average molecular weight is 283 g/mol. The highest BCUT2D eigenvalue weighted by molar-refractivity contribution is 6.03. The standard InChI is InChI=1S/C18H21NO2/c1-13(2)21-16-11-9-14(10-12-16)17(20)18(3,19)15-7-5-4-6-8-15/h4-13H,19H2,1-3H3. The predicted octanol–water partition coefficient (Wildman–Crippen LogP) is 3.53. The lowest BCUT2D eigenvalue weighted by molar-refractivity contribution is 0.0900. The molecule has 2 aromatic carbocycles. The van der Waals surface area contributed by atoms with Gasteiger partial charge in [-0.15, -0.1) is 0 Å². The molecule has 0 heterocycles. The Morgan fingerprint density at radius 3 is 2.14 bits per heavy atom. The maximum atomic E-state index is 12.6. The molecule has 1 atom stereocenters. The fourth-order valence-corrected chi connectivity index (χ4v) is 2.17. The molecule has 3 nitrogen and oxygen atoms in total. The topological polar surface area (TPSA) is 52.3 Å². The minimum atomic E-state index is -1.04. The van der Waals surface area contributed by atoms with Crippen molar-refractivity contribution >= 4 is 5.78 Å². The van der Waals surface area contributed by atoms with E-state index in [1.54, 1.807) is 31.2 Å². The molecule has 0 aliphatic rings. The summed E-state index contributed by atoms with van der Waals surface area (Å²) in [7, 11) is 0. The molecule has 0 spiro atoms. The zero-order valence-electron chi connectivity index (χ0n) is 12.7. The summed E-state index contributed by atoms with van der Waals surface area (Å²) in [6.07, 6.45) is 0.107. The van der Waals surface area contributed by atoms with E-state index >= 15 is 0 Å². The number of carbonyl (C=O) groups is 1. The molecule has 0 bridgehead atoms. The predicted molar refractivity (Wildman–Crippen MR) is 84.5 cm³/mol. The monoisotopic (exact) mass is 283 g/mol. The van der Waals surface area contributed by atoms with Gasteiger partial charge in [-0.25, -0.2) is 0 Å². The number of ether oxygens (including phenoxy) is 1. The van der Waals surface area contributed by atoms with Crippen LogP contribution in [0.25, 0.3) is 0 Å². The van der Waals surface area contributed by atoms with Crippen LogP contribution < -0.4 is 10.5 Å². The molecule has 0 radical (unpaired) electrons. The Morgan fingerprint density at radius 2 is 1.62 bits per heavy atom. The van der Waals surface area contributed by atoms with Crippen LogP contribution in [0.5, 0.6) is 5.75 Å². The van der Waals surface area contributed by atoms with Crippen molar-refractivity contribution in [3.8, 4) is 5.75 Å². The van der Waals surface area contributed by atoms with Crippen LogP contribution >= 0.6 is 0 Å². The second kappa shape index (κ2) is 6.10. The van der Waals surface area contributed by atoms with Crippen molar-refractivity contribution < 1.29 is 9.53 Å². The lowest BCUT2D eigenvalue weighted by Gasteiger charge is -2.23. The number of hydrogen-bond acceptors (Lipinski definition) is 3. The minimum absolute atomic E-state index is 0.107. The Morgan fingerprint density at radius 1 is 1.05 bits per heavy atom.